The maximum absolute atomic E-state index is 9.46. The molecule has 0 bridgehead atoms. The van der Waals surface area contributed by atoms with Crippen LogP contribution in [-0.2, 0) is 9.47 Å². The lowest BCUT2D eigenvalue weighted by atomic mass is 10.1. The zero-order valence-electron chi connectivity index (χ0n) is 13.2. The molecule has 3 nitrogen and oxygen atoms in total. The quantitative estimate of drug-likeness (QED) is 0.379. The average molecular weight is 274 g/mol. The third kappa shape index (κ3) is 12.6. The molecule has 0 fully saturated rings. The smallest absolute Gasteiger partial charge is 0.157 e. The highest BCUT2D eigenvalue weighted by atomic mass is 16.7. The summed E-state index contributed by atoms with van der Waals surface area (Å²) in [7, 11) is 0. The van der Waals surface area contributed by atoms with Crippen LogP contribution in [0.5, 0.6) is 0 Å². The predicted molar refractivity (Wildman–Crippen MR) is 80.3 cm³/mol. The van der Waals surface area contributed by atoms with Gasteiger partial charge >= 0.3 is 0 Å². The van der Waals surface area contributed by atoms with Crippen molar-refractivity contribution in [2.75, 3.05) is 13.2 Å². The van der Waals surface area contributed by atoms with Crippen molar-refractivity contribution in [1.29, 1.82) is 0 Å². The number of hydrogen-bond donors (Lipinski definition) is 1. The first-order valence-electron chi connectivity index (χ1n) is 8.15. The molecule has 0 aromatic rings. The first kappa shape index (κ1) is 18.9. The van der Waals surface area contributed by atoms with Gasteiger partial charge in [0.15, 0.2) is 6.29 Å². The van der Waals surface area contributed by atoms with Crippen molar-refractivity contribution in [2.45, 2.75) is 91.0 Å². The van der Waals surface area contributed by atoms with E-state index in [1.165, 1.54) is 12.8 Å². The van der Waals surface area contributed by atoms with Crippen LogP contribution in [0.1, 0.15) is 78.6 Å². The topological polar surface area (TPSA) is 38.7 Å². The molecule has 1 N–H and O–H groups in total. The van der Waals surface area contributed by atoms with Crippen LogP contribution in [0.3, 0.4) is 0 Å². The molecule has 0 spiro atoms. The molecule has 1 atom stereocenters. The molecule has 0 aromatic heterocycles. The van der Waals surface area contributed by atoms with Crippen LogP contribution in [-0.4, -0.2) is 30.7 Å². The molecule has 0 saturated carbocycles. The number of ether oxygens (including phenoxy) is 2. The molecule has 0 amide bonds. The monoisotopic (exact) mass is 274 g/mol. The van der Waals surface area contributed by atoms with Gasteiger partial charge in [-0.1, -0.05) is 40.0 Å². The molecule has 0 aliphatic rings. The Labute approximate surface area is 119 Å². The number of aliphatic hydroxyl groups excluding tert-OH is 1. The molecular formula is C16H34O3. The van der Waals surface area contributed by atoms with E-state index in [0.717, 1.165) is 58.2 Å². The first-order chi connectivity index (χ1) is 9.24. The van der Waals surface area contributed by atoms with Gasteiger partial charge in [-0.2, -0.15) is 0 Å². The van der Waals surface area contributed by atoms with Crippen molar-refractivity contribution >= 4 is 0 Å². The van der Waals surface area contributed by atoms with E-state index in [4.69, 9.17) is 9.47 Å². The average Bonchev–Trinajstić information content (AvgIpc) is 2.44. The Balaban J connectivity index is 3.50. The van der Waals surface area contributed by atoms with Crippen LogP contribution >= 0.6 is 0 Å². The minimum atomic E-state index is -0.103. The van der Waals surface area contributed by atoms with Gasteiger partial charge < -0.3 is 14.6 Å². The number of rotatable bonds is 14. The van der Waals surface area contributed by atoms with Gasteiger partial charge in [-0.05, 0) is 38.5 Å². The van der Waals surface area contributed by atoms with Crippen molar-refractivity contribution < 1.29 is 14.6 Å². The minimum absolute atomic E-state index is 0.0128. The van der Waals surface area contributed by atoms with Crippen LogP contribution < -0.4 is 0 Å². The van der Waals surface area contributed by atoms with E-state index in [0.29, 0.717) is 0 Å². The van der Waals surface area contributed by atoms with Gasteiger partial charge in [-0.15, -0.1) is 0 Å². The molecule has 0 radical (unpaired) electrons. The Morgan fingerprint density at radius 2 is 1.32 bits per heavy atom. The second-order valence-corrected chi connectivity index (χ2v) is 5.22. The Hall–Kier alpha value is -0.120. The summed E-state index contributed by atoms with van der Waals surface area (Å²) in [6.45, 7) is 7.85. The van der Waals surface area contributed by atoms with E-state index in [1.54, 1.807) is 0 Å². The second kappa shape index (κ2) is 14.3. The summed E-state index contributed by atoms with van der Waals surface area (Å²) in [5, 5.41) is 9.46. The van der Waals surface area contributed by atoms with E-state index in [-0.39, 0.29) is 12.4 Å². The SMILES string of the molecule is CCCOC(CCCCCCC(O)CC)OCCC. The molecular weight excluding hydrogens is 240 g/mol. The summed E-state index contributed by atoms with van der Waals surface area (Å²) >= 11 is 0. The van der Waals surface area contributed by atoms with Gasteiger partial charge in [0.25, 0.3) is 0 Å². The zero-order valence-corrected chi connectivity index (χ0v) is 13.2. The molecule has 0 aliphatic carbocycles. The maximum atomic E-state index is 9.46. The Morgan fingerprint density at radius 3 is 1.79 bits per heavy atom. The predicted octanol–water partition coefficient (Wildman–Crippen LogP) is 4.28. The highest BCUT2D eigenvalue weighted by molar-refractivity contribution is 4.54. The largest absolute Gasteiger partial charge is 0.393 e. The van der Waals surface area contributed by atoms with Crippen LogP contribution in [0, 0.1) is 0 Å². The molecule has 19 heavy (non-hydrogen) atoms. The Kier molecular flexibility index (Phi) is 14.2. The lowest BCUT2D eigenvalue weighted by Crippen LogP contribution is -2.18. The van der Waals surface area contributed by atoms with E-state index in [9.17, 15) is 5.11 Å². The summed E-state index contributed by atoms with van der Waals surface area (Å²) in [5.74, 6) is 0. The van der Waals surface area contributed by atoms with Crippen LogP contribution in [0.2, 0.25) is 0 Å². The highest BCUT2D eigenvalue weighted by Crippen LogP contribution is 2.12. The second-order valence-electron chi connectivity index (χ2n) is 5.22. The van der Waals surface area contributed by atoms with E-state index in [1.807, 2.05) is 6.92 Å². The van der Waals surface area contributed by atoms with Gasteiger partial charge in [0, 0.05) is 13.2 Å². The standard InChI is InChI=1S/C16H34O3/c1-4-13-18-16(19-14-5-2)12-10-8-7-9-11-15(17)6-3/h15-17H,4-14H2,1-3H3. The lowest BCUT2D eigenvalue weighted by Gasteiger charge is -2.18. The molecule has 1 unspecified atom stereocenters. The Bertz CT molecular complexity index is 165. The third-order valence-electron chi connectivity index (χ3n) is 3.21. The molecule has 0 saturated heterocycles. The summed E-state index contributed by atoms with van der Waals surface area (Å²) in [6, 6.07) is 0. The Morgan fingerprint density at radius 1 is 0.789 bits per heavy atom. The summed E-state index contributed by atoms with van der Waals surface area (Å²) in [6.07, 6.45) is 9.47. The molecule has 3 heteroatoms. The van der Waals surface area contributed by atoms with Crippen molar-refractivity contribution in [3.05, 3.63) is 0 Å². The summed E-state index contributed by atoms with van der Waals surface area (Å²) in [5.41, 5.74) is 0. The minimum Gasteiger partial charge on any atom is -0.393 e. The van der Waals surface area contributed by atoms with Crippen molar-refractivity contribution in [2.24, 2.45) is 0 Å². The highest BCUT2D eigenvalue weighted by Gasteiger charge is 2.08. The molecule has 0 aliphatic heterocycles. The molecule has 0 heterocycles. The van der Waals surface area contributed by atoms with E-state index in [2.05, 4.69) is 13.8 Å². The van der Waals surface area contributed by atoms with Crippen molar-refractivity contribution in [3.8, 4) is 0 Å². The molecule has 0 rings (SSSR count). The van der Waals surface area contributed by atoms with Gasteiger partial charge in [-0.3, -0.25) is 0 Å². The fourth-order valence-electron chi connectivity index (χ4n) is 1.96. The molecule has 0 aromatic carbocycles. The third-order valence-corrected chi connectivity index (χ3v) is 3.21. The number of unbranched alkanes of at least 4 members (excludes halogenated alkanes) is 3. The zero-order chi connectivity index (χ0) is 14.3. The van der Waals surface area contributed by atoms with Crippen LogP contribution in [0.4, 0.5) is 0 Å². The fourth-order valence-corrected chi connectivity index (χ4v) is 1.96. The number of hydrogen-bond acceptors (Lipinski definition) is 3. The first-order valence-corrected chi connectivity index (χ1v) is 8.15. The normalized spacial score (nSPS) is 13.1. The lowest BCUT2D eigenvalue weighted by molar-refractivity contribution is -0.146. The van der Waals surface area contributed by atoms with Crippen molar-refractivity contribution in [1.82, 2.24) is 0 Å². The van der Waals surface area contributed by atoms with Crippen LogP contribution in [0.15, 0.2) is 0 Å². The summed E-state index contributed by atoms with van der Waals surface area (Å²) in [4.78, 5) is 0. The van der Waals surface area contributed by atoms with Crippen LogP contribution in [0.25, 0.3) is 0 Å². The summed E-state index contributed by atoms with van der Waals surface area (Å²) < 4.78 is 11.4. The van der Waals surface area contributed by atoms with Gasteiger partial charge in [0.2, 0.25) is 0 Å². The number of aliphatic hydroxyl groups is 1. The molecule has 116 valence electrons. The van der Waals surface area contributed by atoms with E-state index >= 15 is 0 Å². The van der Waals surface area contributed by atoms with Crippen molar-refractivity contribution in [3.63, 3.8) is 0 Å². The fraction of sp³-hybridized carbons (Fsp3) is 1.00. The van der Waals surface area contributed by atoms with Gasteiger partial charge in [-0.25, -0.2) is 0 Å². The van der Waals surface area contributed by atoms with Gasteiger partial charge in [0.05, 0.1) is 6.10 Å². The van der Waals surface area contributed by atoms with Gasteiger partial charge in [0.1, 0.15) is 0 Å². The van der Waals surface area contributed by atoms with E-state index < -0.39 is 0 Å². The maximum Gasteiger partial charge on any atom is 0.157 e.